The number of nitriles is 1. The molecule has 0 unspecified atom stereocenters. The Hall–Kier alpha value is -4.35. The third kappa shape index (κ3) is 4.37. The molecular weight excluding hydrogens is 470 g/mol. The molecule has 3 aromatic carbocycles. The molecule has 5 aromatic rings. The summed E-state index contributed by atoms with van der Waals surface area (Å²) in [6.07, 6.45) is 0. The lowest BCUT2D eigenvalue weighted by molar-refractivity contribution is 0.420. The molecule has 0 amide bonds. The molecule has 178 valence electrons. The smallest absolute Gasteiger partial charge is 0.262 e. The Labute approximate surface area is 212 Å². The monoisotopic (exact) mass is 493 g/mol. The number of imidazole rings is 1. The van der Waals surface area contributed by atoms with Gasteiger partial charge in [-0.2, -0.15) is 5.26 Å². The van der Waals surface area contributed by atoms with Gasteiger partial charge in [-0.1, -0.05) is 65.9 Å². The first-order valence-electron chi connectivity index (χ1n) is 11.4. The van der Waals surface area contributed by atoms with Crippen molar-refractivity contribution in [2.75, 3.05) is 5.75 Å². The van der Waals surface area contributed by atoms with Gasteiger partial charge in [0, 0.05) is 7.05 Å². The highest BCUT2D eigenvalue weighted by atomic mass is 32.2. The first-order chi connectivity index (χ1) is 17.5. The number of thioether (sulfide) groups is 1. The predicted octanol–water partition coefficient (Wildman–Crippen LogP) is 5.22. The molecule has 0 fully saturated rings. The van der Waals surface area contributed by atoms with Crippen LogP contribution < -0.4 is 5.56 Å². The summed E-state index contributed by atoms with van der Waals surface area (Å²) in [4.78, 5) is 22.6. The van der Waals surface area contributed by atoms with E-state index in [9.17, 15) is 15.2 Å². The van der Waals surface area contributed by atoms with Crippen LogP contribution in [0, 0.1) is 18.3 Å². The minimum Gasteiger partial charge on any atom is -0.510 e. The zero-order chi connectivity index (χ0) is 25.2. The molecule has 0 saturated heterocycles. The van der Waals surface area contributed by atoms with Crippen LogP contribution in [0.4, 0.5) is 0 Å². The zero-order valence-corrected chi connectivity index (χ0v) is 20.7. The fourth-order valence-electron chi connectivity index (χ4n) is 4.09. The summed E-state index contributed by atoms with van der Waals surface area (Å²) in [5.74, 6) is 0.329. The number of aliphatic hydroxyl groups is 1. The molecule has 0 aliphatic heterocycles. The van der Waals surface area contributed by atoms with E-state index < -0.39 is 0 Å². The Kier molecular flexibility index (Phi) is 6.32. The lowest BCUT2D eigenvalue weighted by Crippen LogP contribution is -2.24. The normalized spacial score (nSPS) is 12.0. The second-order valence-corrected chi connectivity index (χ2v) is 9.44. The molecule has 5 rings (SSSR count). The lowest BCUT2D eigenvalue weighted by Gasteiger charge is -2.14. The number of benzene rings is 3. The molecule has 0 aliphatic carbocycles. The molecule has 0 aliphatic rings. The Morgan fingerprint density at radius 3 is 2.42 bits per heavy atom. The topological polar surface area (TPSA) is 96.7 Å². The van der Waals surface area contributed by atoms with Crippen LogP contribution in [-0.4, -0.2) is 30.0 Å². The van der Waals surface area contributed by atoms with Crippen molar-refractivity contribution in [2.24, 2.45) is 7.05 Å². The maximum atomic E-state index is 13.4. The van der Waals surface area contributed by atoms with Crippen LogP contribution in [0.15, 0.2) is 88.5 Å². The van der Waals surface area contributed by atoms with Crippen LogP contribution in [0.25, 0.3) is 27.5 Å². The number of fused-ring (bicyclic) bond motifs is 2. The third-order valence-corrected chi connectivity index (χ3v) is 7.02. The largest absolute Gasteiger partial charge is 0.510 e. The molecule has 8 heteroatoms. The standard InChI is InChI=1S/C28H23N5O2S/c1-18-11-13-19(14-12-18)16-33-27(35)20-7-3-4-8-22(20)31-28(33)36-17-25(34)21(15-29)26-30-23-9-5-6-10-24(23)32(26)2/h3-14,34H,16-17H2,1-2H3/b25-21+. The molecule has 0 saturated carbocycles. The first-order valence-corrected chi connectivity index (χ1v) is 12.4. The van der Waals surface area contributed by atoms with E-state index in [0.29, 0.717) is 28.4 Å². The Morgan fingerprint density at radius 2 is 1.69 bits per heavy atom. The van der Waals surface area contributed by atoms with Gasteiger partial charge in [0.15, 0.2) is 11.0 Å². The van der Waals surface area contributed by atoms with Gasteiger partial charge in [-0.25, -0.2) is 9.97 Å². The van der Waals surface area contributed by atoms with E-state index in [2.05, 4.69) is 11.1 Å². The number of aliphatic hydroxyl groups excluding tert-OH is 1. The van der Waals surface area contributed by atoms with Gasteiger partial charge in [-0.05, 0) is 36.8 Å². The van der Waals surface area contributed by atoms with Crippen LogP contribution in [0.1, 0.15) is 17.0 Å². The van der Waals surface area contributed by atoms with Crippen LogP contribution in [-0.2, 0) is 13.6 Å². The van der Waals surface area contributed by atoms with E-state index in [1.807, 2.05) is 74.6 Å². The van der Waals surface area contributed by atoms with Gasteiger partial charge in [0.1, 0.15) is 17.4 Å². The van der Waals surface area contributed by atoms with Crippen LogP contribution in [0.2, 0.25) is 0 Å². The Balaban J connectivity index is 1.53. The number of rotatable bonds is 6. The number of para-hydroxylation sites is 3. The van der Waals surface area contributed by atoms with Gasteiger partial charge < -0.3 is 9.67 Å². The first kappa shape index (κ1) is 23.4. The van der Waals surface area contributed by atoms with Gasteiger partial charge in [0.2, 0.25) is 0 Å². The fourth-order valence-corrected chi connectivity index (χ4v) is 4.97. The highest BCUT2D eigenvalue weighted by Crippen LogP contribution is 2.26. The Morgan fingerprint density at radius 1 is 1.00 bits per heavy atom. The number of aryl methyl sites for hydroxylation is 2. The van der Waals surface area contributed by atoms with Crippen LogP contribution >= 0.6 is 11.8 Å². The number of hydrogen-bond donors (Lipinski definition) is 1. The average Bonchev–Trinajstić information content (AvgIpc) is 3.22. The van der Waals surface area contributed by atoms with E-state index in [-0.39, 0.29) is 22.6 Å². The van der Waals surface area contributed by atoms with Crippen molar-refractivity contribution < 1.29 is 5.11 Å². The maximum absolute atomic E-state index is 13.4. The second kappa shape index (κ2) is 9.72. The molecule has 0 radical (unpaired) electrons. The van der Waals surface area contributed by atoms with E-state index in [4.69, 9.17) is 4.98 Å². The van der Waals surface area contributed by atoms with Gasteiger partial charge in [-0.3, -0.25) is 9.36 Å². The van der Waals surface area contributed by atoms with Crippen molar-refractivity contribution in [1.82, 2.24) is 19.1 Å². The SMILES string of the molecule is Cc1ccc(Cn2c(SC/C(O)=C(/C#N)c3nc4ccccc4n3C)nc3ccccc3c2=O)cc1. The summed E-state index contributed by atoms with van der Waals surface area (Å²) < 4.78 is 3.41. The molecule has 0 spiro atoms. The minimum absolute atomic E-state index is 0.0603. The van der Waals surface area contributed by atoms with Gasteiger partial charge in [0.25, 0.3) is 5.56 Å². The van der Waals surface area contributed by atoms with Gasteiger partial charge in [-0.15, -0.1) is 0 Å². The number of nitrogens with zero attached hydrogens (tertiary/aromatic N) is 5. The van der Waals surface area contributed by atoms with Crippen molar-refractivity contribution in [3.05, 3.63) is 106 Å². The maximum Gasteiger partial charge on any atom is 0.262 e. The number of allylic oxidation sites excluding steroid dienone is 1. The fraction of sp³-hybridized carbons (Fsp3) is 0.143. The highest BCUT2D eigenvalue weighted by Gasteiger charge is 2.18. The molecule has 2 aromatic heterocycles. The van der Waals surface area contributed by atoms with E-state index >= 15 is 0 Å². The number of aromatic nitrogens is 4. The van der Waals surface area contributed by atoms with Crippen molar-refractivity contribution in [3.8, 4) is 6.07 Å². The molecule has 2 heterocycles. The summed E-state index contributed by atoms with van der Waals surface area (Å²) in [6.45, 7) is 2.36. The summed E-state index contributed by atoms with van der Waals surface area (Å²) in [6, 6.07) is 24.9. The van der Waals surface area contributed by atoms with E-state index in [1.165, 1.54) is 11.8 Å². The van der Waals surface area contributed by atoms with Crippen molar-refractivity contribution in [2.45, 2.75) is 18.6 Å². The quantitative estimate of drug-likeness (QED) is 0.151. The van der Waals surface area contributed by atoms with Crippen molar-refractivity contribution in [3.63, 3.8) is 0 Å². The van der Waals surface area contributed by atoms with Crippen LogP contribution in [0.5, 0.6) is 0 Å². The Bertz CT molecular complexity index is 1730. The van der Waals surface area contributed by atoms with Crippen molar-refractivity contribution in [1.29, 1.82) is 5.26 Å². The summed E-state index contributed by atoms with van der Waals surface area (Å²) in [7, 11) is 1.81. The van der Waals surface area contributed by atoms with Gasteiger partial charge in [0.05, 0.1) is 34.2 Å². The summed E-state index contributed by atoms with van der Waals surface area (Å²) >= 11 is 1.21. The zero-order valence-electron chi connectivity index (χ0n) is 19.8. The molecule has 0 bridgehead atoms. The number of hydrogen-bond acceptors (Lipinski definition) is 6. The summed E-state index contributed by atoms with van der Waals surface area (Å²) in [5, 5.41) is 21.8. The second-order valence-electron chi connectivity index (χ2n) is 8.49. The molecular formula is C28H23N5O2S. The van der Waals surface area contributed by atoms with Crippen LogP contribution in [0.3, 0.4) is 0 Å². The summed E-state index contributed by atoms with van der Waals surface area (Å²) in [5.41, 5.74) is 4.24. The van der Waals surface area contributed by atoms with E-state index in [0.717, 1.165) is 22.2 Å². The molecule has 0 atom stereocenters. The molecule has 36 heavy (non-hydrogen) atoms. The van der Waals surface area contributed by atoms with Gasteiger partial charge >= 0.3 is 0 Å². The van der Waals surface area contributed by atoms with Crippen molar-refractivity contribution >= 4 is 39.3 Å². The highest BCUT2D eigenvalue weighted by molar-refractivity contribution is 7.99. The van der Waals surface area contributed by atoms with E-state index in [1.54, 1.807) is 21.3 Å². The molecule has 1 N–H and O–H groups in total. The third-order valence-electron chi connectivity index (χ3n) is 6.04. The minimum atomic E-state index is -0.150. The predicted molar refractivity (Wildman–Crippen MR) is 143 cm³/mol. The lowest BCUT2D eigenvalue weighted by atomic mass is 10.1. The molecule has 7 nitrogen and oxygen atoms in total. The average molecular weight is 494 g/mol.